The van der Waals surface area contributed by atoms with E-state index < -0.39 is 17.8 Å². The van der Waals surface area contributed by atoms with E-state index in [1.54, 1.807) is 50.2 Å². The van der Waals surface area contributed by atoms with E-state index in [-0.39, 0.29) is 12.4 Å². The second-order valence-corrected chi connectivity index (χ2v) is 6.99. The van der Waals surface area contributed by atoms with Crippen LogP contribution in [0.15, 0.2) is 54.6 Å². The molecule has 1 aromatic heterocycles. The van der Waals surface area contributed by atoms with Gasteiger partial charge in [0.05, 0.1) is 11.3 Å². The van der Waals surface area contributed by atoms with Gasteiger partial charge in [-0.2, -0.15) is 18.7 Å². The van der Waals surface area contributed by atoms with Crippen molar-refractivity contribution in [3.05, 3.63) is 77.0 Å². The number of hydrazine groups is 2. The zero-order chi connectivity index (χ0) is 23.3. The average Bonchev–Trinajstić information content (AvgIpc) is 2.73. The number of amides is 2. The van der Waals surface area contributed by atoms with Crippen molar-refractivity contribution in [2.24, 2.45) is 5.84 Å². The highest BCUT2D eigenvalue weighted by Crippen LogP contribution is 2.39. The second kappa shape index (κ2) is 9.67. The lowest BCUT2D eigenvalue weighted by Gasteiger charge is -2.18. The maximum atomic E-state index is 13.8. The van der Waals surface area contributed by atoms with Crippen LogP contribution in [0.3, 0.4) is 0 Å². The first kappa shape index (κ1) is 23.0. The van der Waals surface area contributed by atoms with Gasteiger partial charge < -0.3 is 10.1 Å². The predicted molar refractivity (Wildman–Crippen MR) is 114 cm³/mol. The molecule has 10 heteroatoms. The highest BCUT2D eigenvalue weighted by Gasteiger charge is 2.35. The van der Waals surface area contributed by atoms with Gasteiger partial charge in [-0.25, -0.2) is 4.79 Å². The van der Waals surface area contributed by atoms with Crippen LogP contribution in [0.4, 0.5) is 23.7 Å². The van der Waals surface area contributed by atoms with Crippen molar-refractivity contribution in [2.75, 3.05) is 5.32 Å². The topological polar surface area (TPSA) is 101 Å². The number of carbonyl (C=O) groups excluding carboxylic acids is 1. The lowest BCUT2D eigenvalue weighted by molar-refractivity contribution is -0.139. The molecule has 168 valence electrons. The van der Waals surface area contributed by atoms with Crippen LogP contribution in [0.2, 0.25) is 0 Å². The maximum Gasteiger partial charge on any atom is 0.419 e. The molecular weight excluding hydrogens is 423 g/mol. The zero-order valence-corrected chi connectivity index (χ0v) is 17.4. The molecule has 0 aliphatic carbocycles. The lowest BCUT2D eigenvalue weighted by atomic mass is 10.1. The van der Waals surface area contributed by atoms with Crippen molar-refractivity contribution in [1.29, 1.82) is 0 Å². The number of benzene rings is 2. The van der Waals surface area contributed by atoms with E-state index in [4.69, 9.17) is 10.6 Å². The van der Waals surface area contributed by atoms with E-state index in [1.165, 1.54) is 12.1 Å². The monoisotopic (exact) mass is 445 g/mol. The number of pyridine rings is 1. The Bertz CT molecular complexity index is 1120. The molecule has 2 aromatic carbocycles. The standard InChI is InChI=1S/C22H22F3N5O2/c1-13-5-3-8-19(28-21(31)29-30-26)16(13)12-32-20-10-9-15(11-17(20)22(23,24)25)18-7-4-6-14(2)27-18/h3-11,30H,12,26H2,1-2H3,(H2,28,29,31). The fourth-order valence-electron chi connectivity index (χ4n) is 3.12. The minimum atomic E-state index is -4.63. The fourth-order valence-corrected chi connectivity index (χ4v) is 3.12. The molecular formula is C22H22F3N5O2. The SMILES string of the molecule is Cc1cccc(-c2ccc(OCc3c(C)cccc3NC(=O)NNN)c(C(F)(F)F)c2)n1. The Hall–Kier alpha value is -3.63. The number of halogens is 3. The number of nitrogens with one attached hydrogen (secondary N) is 3. The summed E-state index contributed by atoms with van der Waals surface area (Å²) in [6.45, 7) is 3.34. The third-order valence-electron chi connectivity index (χ3n) is 4.69. The summed E-state index contributed by atoms with van der Waals surface area (Å²) in [4.78, 5) is 16.1. The molecule has 7 nitrogen and oxygen atoms in total. The molecule has 0 saturated carbocycles. The number of hydrogen-bond acceptors (Lipinski definition) is 5. The summed E-state index contributed by atoms with van der Waals surface area (Å²) in [5, 5.41) is 2.57. The van der Waals surface area contributed by atoms with Crippen molar-refractivity contribution in [1.82, 2.24) is 15.9 Å². The zero-order valence-electron chi connectivity index (χ0n) is 17.4. The summed E-state index contributed by atoms with van der Waals surface area (Å²) in [5.41, 5.74) is 6.35. The largest absolute Gasteiger partial charge is 0.488 e. The number of nitrogens with two attached hydrogens (primary N) is 1. The summed E-state index contributed by atoms with van der Waals surface area (Å²) in [6, 6.07) is 13.4. The summed E-state index contributed by atoms with van der Waals surface area (Å²) < 4.78 is 46.9. The van der Waals surface area contributed by atoms with Crippen LogP contribution < -0.4 is 26.9 Å². The number of hydrogen-bond donors (Lipinski definition) is 4. The van der Waals surface area contributed by atoms with E-state index in [9.17, 15) is 18.0 Å². The number of carbonyl (C=O) groups is 1. The normalized spacial score (nSPS) is 11.2. The molecule has 0 saturated heterocycles. The molecule has 32 heavy (non-hydrogen) atoms. The molecule has 0 aliphatic heterocycles. The van der Waals surface area contributed by atoms with Crippen LogP contribution in [0.1, 0.15) is 22.4 Å². The van der Waals surface area contributed by atoms with E-state index in [0.29, 0.717) is 28.2 Å². The first-order valence-electron chi connectivity index (χ1n) is 9.58. The minimum absolute atomic E-state index is 0.191. The number of aryl methyl sites for hydroxylation is 2. The highest BCUT2D eigenvalue weighted by molar-refractivity contribution is 5.89. The Kier molecular flexibility index (Phi) is 6.96. The first-order valence-corrected chi connectivity index (χ1v) is 9.58. The predicted octanol–water partition coefficient (Wildman–Crippen LogP) is 4.46. The van der Waals surface area contributed by atoms with Crippen molar-refractivity contribution in [3.8, 4) is 17.0 Å². The average molecular weight is 445 g/mol. The van der Waals surface area contributed by atoms with Crippen LogP contribution in [-0.2, 0) is 12.8 Å². The van der Waals surface area contributed by atoms with Gasteiger partial charge in [-0.1, -0.05) is 18.2 Å². The van der Waals surface area contributed by atoms with Gasteiger partial charge in [0, 0.05) is 22.5 Å². The molecule has 2 amide bonds. The quantitative estimate of drug-likeness (QED) is 0.331. The third kappa shape index (κ3) is 5.54. The fraction of sp³-hybridized carbons (Fsp3) is 0.182. The van der Waals surface area contributed by atoms with Gasteiger partial charge >= 0.3 is 12.2 Å². The first-order chi connectivity index (χ1) is 15.2. The van der Waals surface area contributed by atoms with E-state index >= 15 is 0 Å². The molecule has 1 heterocycles. The van der Waals surface area contributed by atoms with E-state index in [1.807, 2.05) is 5.53 Å². The van der Waals surface area contributed by atoms with Crippen LogP contribution in [0.5, 0.6) is 5.75 Å². The molecule has 0 unspecified atom stereocenters. The van der Waals surface area contributed by atoms with Gasteiger partial charge in [-0.15, -0.1) is 0 Å². The van der Waals surface area contributed by atoms with Crippen molar-refractivity contribution in [2.45, 2.75) is 26.6 Å². The molecule has 0 spiro atoms. The molecule has 0 atom stereocenters. The van der Waals surface area contributed by atoms with Crippen LogP contribution in [0, 0.1) is 13.8 Å². The second-order valence-electron chi connectivity index (χ2n) is 6.99. The number of alkyl halides is 3. The van der Waals surface area contributed by atoms with Crippen LogP contribution >= 0.6 is 0 Å². The molecule has 0 fully saturated rings. The van der Waals surface area contributed by atoms with Gasteiger partial charge in [0.2, 0.25) is 0 Å². The third-order valence-corrected chi connectivity index (χ3v) is 4.69. The van der Waals surface area contributed by atoms with Gasteiger partial charge in [0.25, 0.3) is 0 Å². The minimum Gasteiger partial charge on any atom is -0.488 e. The maximum absolute atomic E-state index is 13.8. The number of anilines is 1. The van der Waals surface area contributed by atoms with Crippen molar-refractivity contribution < 1.29 is 22.7 Å². The number of aromatic nitrogens is 1. The van der Waals surface area contributed by atoms with Gasteiger partial charge in [0.15, 0.2) is 0 Å². The molecule has 0 aliphatic rings. The number of nitrogens with zero attached hydrogens (tertiary/aromatic N) is 1. The van der Waals surface area contributed by atoms with Gasteiger partial charge in [0.1, 0.15) is 12.4 Å². The molecule has 5 N–H and O–H groups in total. The van der Waals surface area contributed by atoms with Gasteiger partial charge in [-0.3, -0.25) is 16.3 Å². The Balaban J connectivity index is 1.91. The van der Waals surface area contributed by atoms with Crippen LogP contribution in [0.25, 0.3) is 11.3 Å². The van der Waals surface area contributed by atoms with E-state index in [2.05, 4.69) is 15.7 Å². The highest BCUT2D eigenvalue weighted by atomic mass is 19.4. The smallest absolute Gasteiger partial charge is 0.419 e. The number of urea groups is 1. The Labute approximate surface area is 182 Å². The number of rotatable bonds is 6. The lowest BCUT2D eigenvalue weighted by Crippen LogP contribution is -2.44. The summed E-state index contributed by atoms with van der Waals surface area (Å²) in [6.07, 6.45) is -4.63. The Morgan fingerprint density at radius 1 is 1.09 bits per heavy atom. The summed E-state index contributed by atoms with van der Waals surface area (Å²) in [7, 11) is 0. The summed E-state index contributed by atoms with van der Waals surface area (Å²) in [5.74, 6) is 4.72. The van der Waals surface area contributed by atoms with Gasteiger partial charge in [-0.05, 0) is 55.8 Å². The Morgan fingerprint density at radius 2 is 1.84 bits per heavy atom. The molecule has 0 radical (unpaired) electrons. The van der Waals surface area contributed by atoms with Crippen LogP contribution in [-0.4, -0.2) is 11.0 Å². The molecule has 3 rings (SSSR count). The van der Waals surface area contributed by atoms with Crippen molar-refractivity contribution >= 4 is 11.7 Å². The van der Waals surface area contributed by atoms with Crippen molar-refractivity contribution in [3.63, 3.8) is 0 Å². The number of ether oxygens (including phenoxy) is 1. The Morgan fingerprint density at radius 3 is 2.53 bits per heavy atom. The summed E-state index contributed by atoms with van der Waals surface area (Å²) >= 11 is 0. The molecule has 3 aromatic rings. The van der Waals surface area contributed by atoms with E-state index in [0.717, 1.165) is 11.6 Å². The molecule has 0 bridgehead atoms.